The van der Waals surface area contributed by atoms with Crippen molar-refractivity contribution in [3.8, 4) is 17.2 Å². The summed E-state index contributed by atoms with van der Waals surface area (Å²) < 4.78 is 17.2. The van der Waals surface area contributed by atoms with Gasteiger partial charge in [0, 0.05) is 37.2 Å². The molecule has 4 rings (SSSR count). The maximum absolute atomic E-state index is 12.3. The molecule has 1 fully saturated rings. The summed E-state index contributed by atoms with van der Waals surface area (Å²) in [5.74, 6) is 2.28. The average molecular weight is 382 g/mol. The number of fused-ring (bicyclic) bond motifs is 1. The zero-order chi connectivity index (χ0) is 19.3. The summed E-state index contributed by atoms with van der Waals surface area (Å²) in [6.07, 6.45) is 1.68. The second-order valence-corrected chi connectivity index (χ2v) is 7.29. The minimum Gasteiger partial charge on any atom is -0.496 e. The Balaban J connectivity index is 1.49. The van der Waals surface area contributed by atoms with Gasteiger partial charge in [-0.25, -0.2) is 0 Å². The first-order valence-electron chi connectivity index (χ1n) is 9.73. The number of piperazine rings is 1. The number of rotatable bonds is 5. The second kappa shape index (κ2) is 8.52. The van der Waals surface area contributed by atoms with Gasteiger partial charge in [0.25, 0.3) is 0 Å². The van der Waals surface area contributed by atoms with Crippen LogP contribution in [0.2, 0.25) is 0 Å². The smallest absolute Gasteiger partial charge is 0.234 e. The number of nitrogens with zero attached hydrogens (tertiary/aromatic N) is 1. The van der Waals surface area contributed by atoms with Crippen molar-refractivity contribution in [2.24, 2.45) is 0 Å². The summed E-state index contributed by atoms with van der Waals surface area (Å²) in [5, 5.41) is 3.11. The minimum atomic E-state index is 0.0560. The van der Waals surface area contributed by atoms with Crippen LogP contribution in [-0.4, -0.2) is 50.3 Å². The van der Waals surface area contributed by atoms with Gasteiger partial charge in [-0.2, -0.15) is 0 Å². The van der Waals surface area contributed by atoms with E-state index in [-0.39, 0.29) is 11.9 Å². The van der Waals surface area contributed by atoms with Crippen LogP contribution in [0.15, 0.2) is 42.5 Å². The topological polar surface area (TPSA) is 60.0 Å². The summed E-state index contributed by atoms with van der Waals surface area (Å²) in [7, 11) is 1.66. The van der Waals surface area contributed by atoms with Crippen molar-refractivity contribution in [3.05, 3.63) is 53.6 Å². The van der Waals surface area contributed by atoms with Crippen LogP contribution in [0.4, 0.5) is 0 Å². The number of hydrogen-bond acceptors (Lipinski definition) is 5. The number of carbonyl (C=O) groups is 1. The van der Waals surface area contributed by atoms with Gasteiger partial charge in [0.2, 0.25) is 5.91 Å². The van der Waals surface area contributed by atoms with Gasteiger partial charge >= 0.3 is 0 Å². The lowest BCUT2D eigenvalue weighted by Gasteiger charge is -2.33. The molecule has 0 spiro atoms. The molecule has 6 nitrogen and oxygen atoms in total. The number of carbonyl (C=O) groups excluding carboxylic acids is 1. The van der Waals surface area contributed by atoms with Crippen LogP contribution in [0.5, 0.6) is 17.2 Å². The Bertz CT molecular complexity index is 825. The van der Waals surface area contributed by atoms with E-state index in [9.17, 15) is 4.79 Å². The van der Waals surface area contributed by atoms with E-state index in [1.165, 1.54) is 5.56 Å². The minimum absolute atomic E-state index is 0.0560. The van der Waals surface area contributed by atoms with E-state index in [0.717, 1.165) is 42.2 Å². The molecule has 1 saturated heterocycles. The highest BCUT2D eigenvalue weighted by molar-refractivity contribution is 5.79. The van der Waals surface area contributed by atoms with E-state index in [4.69, 9.17) is 14.2 Å². The third-order valence-electron chi connectivity index (χ3n) is 5.08. The first kappa shape index (κ1) is 18.6. The van der Waals surface area contributed by atoms with Gasteiger partial charge in [0.1, 0.15) is 5.75 Å². The highest BCUT2D eigenvalue weighted by Crippen LogP contribution is 2.37. The van der Waals surface area contributed by atoms with Crippen molar-refractivity contribution in [2.45, 2.75) is 25.4 Å². The Morgan fingerprint density at radius 2 is 1.89 bits per heavy atom. The lowest BCUT2D eigenvalue weighted by molar-refractivity contribution is -0.125. The normalized spacial score (nSPS) is 19.6. The lowest BCUT2D eigenvalue weighted by Crippen LogP contribution is -2.54. The first-order chi connectivity index (χ1) is 13.7. The van der Waals surface area contributed by atoms with E-state index in [1.807, 2.05) is 30.3 Å². The molecule has 2 aliphatic heterocycles. The Morgan fingerprint density at radius 1 is 1.14 bits per heavy atom. The van der Waals surface area contributed by atoms with Crippen LogP contribution in [0.25, 0.3) is 0 Å². The molecule has 0 aromatic heterocycles. The van der Waals surface area contributed by atoms with Gasteiger partial charge in [-0.3, -0.25) is 9.69 Å². The largest absolute Gasteiger partial charge is 0.496 e. The van der Waals surface area contributed by atoms with Crippen molar-refractivity contribution in [3.63, 3.8) is 0 Å². The molecule has 0 bridgehead atoms. The van der Waals surface area contributed by atoms with Gasteiger partial charge in [0.15, 0.2) is 11.5 Å². The molecule has 0 aliphatic carbocycles. The quantitative estimate of drug-likeness (QED) is 0.861. The van der Waals surface area contributed by atoms with Gasteiger partial charge in [0.05, 0.1) is 26.9 Å². The molecule has 2 aliphatic rings. The SMILES string of the molecule is COc1cc2c(cc1CN1CC(=O)N[C@@H](Cc3ccccc3)C1)OCCCO2. The number of methoxy groups -OCH3 is 1. The molecule has 0 radical (unpaired) electrons. The predicted octanol–water partition coefficient (Wildman–Crippen LogP) is 2.40. The number of hydrogen-bond donors (Lipinski definition) is 1. The first-order valence-corrected chi connectivity index (χ1v) is 9.73. The highest BCUT2D eigenvalue weighted by Gasteiger charge is 2.26. The molecular formula is C22H26N2O4. The monoisotopic (exact) mass is 382 g/mol. The Labute approximate surface area is 165 Å². The molecule has 0 unspecified atom stereocenters. The molecular weight excluding hydrogens is 356 g/mol. The maximum atomic E-state index is 12.3. The van der Waals surface area contributed by atoms with Gasteiger partial charge < -0.3 is 19.5 Å². The van der Waals surface area contributed by atoms with Gasteiger partial charge in [-0.1, -0.05) is 30.3 Å². The van der Waals surface area contributed by atoms with Crippen LogP contribution in [0.1, 0.15) is 17.5 Å². The van der Waals surface area contributed by atoms with E-state index < -0.39 is 0 Å². The van der Waals surface area contributed by atoms with Gasteiger partial charge in [-0.15, -0.1) is 0 Å². The third kappa shape index (κ3) is 4.39. The van der Waals surface area contributed by atoms with Crippen LogP contribution in [0, 0.1) is 0 Å². The summed E-state index contributed by atoms with van der Waals surface area (Å²) in [5.41, 5.74) is 2.22. The number of amides is 1. The summed E-state index contributed by atoms with van der Waals surface area (Å²) in [6.45, 7) is 3.08. The van der Waals surface area contributed by atoms with E-state index in [0.29, 0.717) is 26.3 Å². The Kier molecular flexibility index (Phi) is 5.67. The predicted molar refractivity (Wildman–Crippen MR) is 106 cm³/mol. The average Bonchev–Trinajstić information content (AvgIpc) is 2.92. The number of nitrogens with one attached hydrogen (secondary N) is 1. The Hall–Kier alpha value is -2.73. The molecule has 6 heteroatoms. The summed E-state index contributed by atoms with van der Waals surface area (Å²) >= 11 is 0. The molecule has 0 saturated carbocycles. The van der Waals surface area contributed by atoms with Crippen molar-refractivity contribution in [2.75, 3.05) is 33.4 Å². The van der Waals surface area contributed by atoms with E-state index in [2.05, 4.69) is 22.3 Å². The van der Waals surface area contributed by atoms with Crippen molar-refractivity contribution in [1.29, 1.82) is 0 Å². The standard InChI is InChI=1S/C22H26N2O4/c1-26-19-12-21-20(27-8-5-9-28-21)11-17(19)13-24-14-18(23-22(25)15-24)10-16-6-3-2-4-7-16/h2-4,6-7,11-12,18H,5,8-10,13-15H2,1H3,(H,23,25)/t18-/m0/s1. The highest BCUT2D eigenvalue weighted by atomic mass is 16.5. The summed E-state index contributed by atoms with van der Waals surface area (Å²) in [6, 6.07) is 14.2. The lowest BCUT2D eigenvalue weighted by atomic mass is 10.0. The van der Waals surface area contributed by atoms with Crippen LogP contribution in [0.3, 0.4) is 0 Å². The fourth-order valence-electron chi connectivity index (χ4n) is 3.82. The van der Waals surface area contributed by atoms with Crippen molar-refractivity contribution in [1.82, 2.24) is 10.2 Å². The fraction of sp³-hybridized carbons (Fsp3) is 0.409. The molecule has 2 aromatic rings. The Morgan fingerprint density at radius 3 is 2.64 bits per heavy atom. The number of ether oxygens (including phenoxy) is 3. The van der Waals surface area contributed by atoms with Crippen LogP contribution < -0.4 is 19.5 Å². The van der Waals surface area contributed by atoms with Crippen molar-refractivity contribution >= 4 is 5.91 Å². The van der Waals surface area contributed by atoms with Crippen LogP contribution in [-0.2, 0) is 17.8 Å². The molecule has 2 aromatic carbocycles. The van der Waals surface area contributed by atoms with E-state index in [1.54, 1.807) is 7.11 Å². The third-order valence-corrected chi connectivity index (χ3v) is 5.08. The molecule has 148 valence electrons. The fourth-order valence-corrected chi connectivity index (χ4v) is 3.82. The molecule has 28 heavy (non-hydrogen) atoms. The molecule has 1 N–H and O–H groups in total. The second-order valence-electron chi connectivity index (χ2n) is 7.29. The van der Waals surface area contributed by atoms with Crippen molar-refractivity contribution < 1.29 is 19.0 Å². The van der Waals surface area contributed by atoms with Crippen LogP contribution >= 0.6 is 0 Å². The number of benzene rings is 2. The van der Waals surface area contributed by atoms with Gasteiger partial charge in [-0.05, 0) is 18.1 Å². The molecule has 1 amide bonds. The molecule has 2 heterocycles. The van der Waals surface area contributed by atoms with E-state index >= 15 is 0 Å². The molecule has 1 atom stereocenters. The maximum Gasteiger partial charge on any atom is 0.234 e. The zero-order valence-corrected chi connectivity index (χ0v) is 16.1. The summed E-state index contributed by atoms with van der Waals surface area (Å²) in [4.78, 5) is 14.4. The zero-order valence-electron chi connectivity index (χ0n) is 16.1.